The predicted molar refractivity (Wildman–Crippen MR) is 96.5 cm³/mol. The number of hydrogen-bond donors (Lipinski definition) is 1. The van der Waals surface area contributed by atoms with Crippen LogP contribution in [-0.4, -0.2) is 13.1 Å². The molecule has 0 heterocycles. The molecule has 2 aromatic carbocycles. The zero-order valence-corrected chi connectivity index (χ0v) is 14.7. The lowest BCUT2D eigenvalue weighted by molar-refractivity contribution is 0.865. The van der Waals surface area contributed by atoms with Gasteiger partial charge in [0.25, 0.3) is 0 Å². The summed E-state index contributed by atoms with van der Waals surface area (Å²) in [6.45, 7) is 7.22. The Hall–Kier alpha value is -1.19. The zero-order chi connectivity index (χ0) is 15.2. The summed E-state index contributed by atoms with van der Waals surface area (Å²) in [5, 5.41) is 4.13. The summed E-state index contributed by atoms with van der Waals surface area (Å²) in [4.78, 5) is 2.34. The molecule has 0 spiro atoms. The number of hydrogen-bond acceptors (Lipinski definition) is 2. The molecule has 0 amide bonds. The van der Waals surface area contributed by atoms with Gasteiger partial charge < -0.3 is 10.2 Å². The normalized spacial score (nSPS) is 10.5. The Morgan fingerprint density at radius 1 is 1.05 bits per heavy atom. The molecule has 2 aromatic rings. The number of nitrogens with zero attached hydrogens (tertiary/aromatic N) is 1. The smallest absolute Gasteiger partial charge is 0.0549 e. The lowest BCUT2D eigenvalue weighted by Gasteiger charge is -2.21. The fourth-order valence-corrected chi connectivity index (χ4v) is 2.72. The van der Waals surface area contributed by atoms with E-state index in [1.165, 1.54) is 11.3 Å². The summed E-state index contributed by atoms with van der Waals surface area (Å²) in [5.74, 6) is 0. The third-order valence-electron chi connectivity index (χ3n) is 3.48. The summed E-state index contributed by atoms with van der Waals surface area (Å²) in [7, 11) is 0. The van der Waals surface area contributed by atoms with Gasteiger partial charge in [-0.15, -0.1) is 0 Å². The van der Waals surface area contributed by atoms with Gasteiger partial charge in [0, 0.05) is 35.5 Å². The van der Waals surface area contributed by atoms with Crippen LogP contribution in [0, 0.1) is 0 Å². The highest BCUT2D eigenvalue weighted by atomic mass is 79.9. The van der Waals surface area contributed by atoms with E-state index < -0.39 is 0 Å². The van der Waals surface area contributed by atoms with Crippen molar-refractivity contribution in [2.75, 3.05) is 23.3 Å². The first-order valence-electron chi connectivity index (χ1n) is 7.16. The minimum Gasteiger partial charge on any atom is -0.381 e. The summed E-state index contributed by atoms with van der Waals surface area (Å²) in [6, 6.07) is 14.6. The molecule has 0 unspecified atom stereocenters. The molecule has 0 atom stereocenters. The van der Waals surface area contributed by atoms with E-state index in [0.29, 0.717) is 0 Å². The van der Waals surface area contributed by atoms with Gasteiger partial charge in [-0.3, -0.25) is 0 Å². The molecule has 0 fully saturated rings. The average Bonchev–Trinajstić information content (AvgIpc) is 2.51. The molecule has 2 nitrogen and oxygen atoms in total. The van der Waals surface area contributed by atoms with E-state index in [2.05, 4.69) is 64.3 Å². The van der Waals surface area contributed by atoms with Gasteiger partial charge in [0.2, 0.25) is 0 Å². The largest absolute Gasteiger partial charge is 0.381 e. The molecule has 112 valence electrons. The Morgan fingerprint density at radius 2 is 1.71 bits per heavy atom. The topological polar surface area (TPSA) is 15.3 Å². The van der Waals surface area contributed by atoms with Crippen LogP contribution in [-0.2, 0) is 6.54 Å². The van der Waals surface area contributed by atoms with Crippen molar-refractivity contribution in [2.24, 2.45) is 0 Å². The van der Waals surface area contributed by atoms with Gasteiger partial charge in [0.15, 0.2) is 0 Å². The second-order valence-corrected chi connectivity index (χ2v) is 6.08. The van der Waals surface area contributed by atoms with Gasteiger partial charge in [-0.2, -0.15) is 0 Å². The van der Waals surface area contributed by atoms with Crippen molar-refractivity contribution in [2.45, 2.75) is 20.4 Å². The second kappa shape index (κ2) is 7.71. The fraction of sp³-hybridized carbons (Fsp3) is 0.294. The quantitative estimate of drug-likeness (QED) is 0.719. The molecular weight excluding hydrogens is 348 g/mol. The predicted octanol–water partition coefficient (Wildman–Crippen LogP) is 5.56. The van der Waals surface area contributed by atoms with Crippen LogP contribution in [0.4, 0.5) is 11.4 Å². The Bertz CT molecular complexity index is 580. The van der Waals surface area contributed by atoms with Crippen LogP contribution < -0.4 is 10.2 Å². The van der Waals surface area contributed by atoms with Crippen LogP contribution in [0.25, 0.3) is 0 Å². The molecule has 0 saturated heterocycles. The number of anilines is 2. The lowest BCUT2D eigenvalue weighted by atomic mass is 10.2. The molecule has 0 aliphatic rings. The first-order chi connectivity index (χ1) is 10.1. The molecule has 0 bridgehead atoms. The van der Waals surface area contributed by atoms with E-state index in [1.54, 1.807) is 0 Å². The molecule has 0 aromatic heterocycles. The molecule has 0 saturated carbocycles. The Balaban J connectivity index is 1.98. The minimum atomic E-state index is 0.726. The van der Waals surface area contributed by atoms with Crippen molar-refractivity contribution >= 4 is 38.9 Å². The van der Waals surface area contributed by atoms with Gasteiger partial charge in [-0.1, -0.05) is 23.7 Å². The number of halogens is 2. The van der Waals surface area contributed by atoms with Crippen molar-refractivity contribution in [3.63, 3.8) is 0 Å². The van der Waals surface area contributed by atoms with Crippen molar-refractivity contribution in [1.29, 1.82) is 0 Å². The number of rotatable bonds is 6. The van der Waals surface area contributed by atoms with E-state index in [9.17, 15) is 0 Å². The molecule has 0 radical (unpaired) electrons. The highest BCUT2D eigenvalue weighted by molar-refractivity contribution is 9.10. The molecule has 0 aliphatic carbocycles. The highest BCUT2D eigenvalue weighted by Gasteiger charge is 2.02. The molecule has 4 heteroatoms. The lowest BCUT2D eigenvalue weighted by Crippen LogP contribution is -2.21. The molecule has 1 N–H and O–H groups in total. The van der Waals surface area contributed by atoms with E-state index in [1.807, 2.05) is 18.2 Å². The van der Waals surface area contributed by atoms with Gasteiger partial charge >= 0.3 is 0 Å². The summed E-state index contributed by atoms with van der Waals surface area (Å²) in [5.41, 5.74) is 3.59. The molecule has 2 rings (SSSR count). The minimum absolute atomic E-state index is 0.726. The maximum absolute atomic E-state index is 5.99. The Kier molecular flexibility index (Phi) is 5.95. The summed E-state index contributed by atoms with van der Waals surface area (Å²) in [6.07, 6.45) is 0. The van der Waals surface area contributed by atoms with Crippen LogP contribution in [0.15, 0.2) is 46.9 Å². The first kappa shape index (κ1) is 16.2. The van der Waals surface area contributed by atoms with Crippen LogP contribution in [0.1, 0.15) is 19.4 Å². The summed E-state index contributed by atoms with van der Waals surface area (Å²) < 4.78 is 0.908. The van der Waals surface area contributed by atoms with Crippen LogP contribution in [0.5, 0.6) is 0 Å². The van der Waals surface area contributed by atoms with Crippen molar-refractivity contribution in [3.05, 3.63) is 57.5 Å². The average molecular weight is 368 g/mol. The SMILES string of the molecule is CCN(CC)c1ccc(CNc2ccc(Cl)c(Br)c2)cc1. The van der Waals surface area contributed by atoms with Gasteiger partial charge in [-0.25, -0.2) is 0 Å². The zero-order valence-electron chi connectivity index (χ0n) is 12.4. The maximum atomic E-state index is 5.99. The van der Waals surface area contributed by atoms with Crippen LogP contribution in [0.2, 0.25) is 5.02 Å². The maximum Gasteiger partial charge on any atom is 0.0549 e. The van der Waals surface area contributed by atoms with Crippen LogP contribution in [0.3, 0.4) is 0 Å². The monoisotopic (exact) mass is 366 g/mol. The van der Waals surface area contributed by atoms with E-state index in [-0.39, 0.29) is 0 Å². The van der Waals surface area contributed by atoms with Crippen LogP contribution >= 0.6 is 27.5 Å². The van der Waals surface area contributed by atoms with E-state index in [0.717, 1.165) is 34.8 Å². The standard InChI is InChI=1S/C17H20BrClN2/c1-3-21(4-2)15-8-5-13(6-9-15)12-20-14-7-10-17(19)16(18)11-14/h5-11,20H,3-4,12H2,1-2H3. The van der Waals surface area contributed by atoms with Crippen molar-refractivity contribution in [3.8, 4) is 0 Å². The van der Waals surface area contributed by atoms with Crippen molar-refractivity contribution < 1.29 is 0 Å². The molecule has 21 heavy (non-hydrogen) atoms. The van der Waals surface area contributed by atoms with Crippen molar-refractivity contribution in [1.82, 2.24) is 0 Å². The second-order valence-electron chi connectivity index (χ2n) is 4.82. The van der Waals surface area contributed by atoms with Gasteiger partial charge in [0.1, 0.15) is 0 Å². The van der Waals surface area contributed by atoms with Gasteiger partial charge in [0.05, 0.1) is 5.02 Å². The van der Waals surface area contributed by atoms with Gasteiger partial charge in [-0.05, 0) is 65.7 Å². The highest BCUT2D eigenvalue weighted by Crippen LogP contribution is 2.26. The Labute approximate surface area is 140 Å². The first-order valence-corrected chi connectivity index (χ1v) is 8.34. The number of nitrogens with one attached hydrogen (secondary N) is 1. The third kappa shape index (κ3) is 4.39. The van der Waals surface area contributed by atoms with E-state index in [4.69, 9.17) is 11.6 Å². The summed E-state index contributed by atoms with van der Waals surface area (Å²) >= 11 is 9.43. The third-order valence-corrected chi connectivity index (χ3v) is 4.70. The Morgan fingerprint density at radius 3 is 2.29 bits per heavy atom. The van der Waals surface area contributed by atoms with E-state index >= 15 is 0 Å². The fourth-order valence-electron chi connectivity index (χ4n) is 2.22. The molecule has 0 aliphatic heterocycles. The number of benzene rings is 2. The molecular formula is C17H20BrClN2.